The van der Waals surface area contributed by atoms with Crippen LogP contribution in [-0.4, -0.2) is 57.9 Å². The second-order valence-electron chi connectivity index (χ2n) is 17.3. The summed E-state index contributed by atoms with van der Waals surface area (Å²) >= 11 is 0. The summed E-state index contributed by atoms with van der Waals surface area (Å²) in [5, 5.41) is 11.7. The molecule has 0 amide bonds. The molecule has 8 heteroatoms. The highest BCUT2D eigenvalue weighted by atomic mass is 28.4. The van der Waals surface area contributed by atoms with E-state index < -0.39 is 40.4 Å². The van der Waals surface area contributed by atoms with E-state index in [-0.39, 0.29) is 41.2 Å². The molecular weight excluding hydrogens is 681 g/mol. The van der Waals surface area contributed by atoms with Crippen molar-refractivity contribution in [3.63, 3.8) is 0 Å². The SMILES string of the molecule is C=C(C)[C@@H](CCC#CC(CC(C#CCO)O[Si](C)(C)C(C)(C)C)O[Si](c1ccccc1)(c1ccccc1)C(C)(C)C)CC(=O)CC(=O)OC(C)(C)C. The van der Waals surface area contributed by atoms with Gasteiger partial charge in [0.25, 0.3) is 8.32 Å². The fraction of sp³-hybridized carbons (Fsp3) is 0.545. The third-order valence-electron chi connectivity index (χ3n) is 9.56. The Bertz CT molecular complexity index is 1550. The van der Waals surface area contributed by atoms with Crippen LogP contribution in [0.2, 0.25) is 23.2 Å². The largest absolute Gasteiger partial charge is 0.460 e. The minimum Gasteiger partial charge on any atom is -0.460 e. The van der Waals surface area contributed by atoms with Gasteiger partial charge in [0.2, 0.25) is 0 Å². The van der Waals surface area contributed by atoms with E-state index in [2.05, 4.69) is 133 Å². The Labute approximate surface area is 317 Å². The van der Waals surface area contributed by atoms with Gasteiger partial charge in [-0.2, -0.15) is 0 Å². The Balaban J connectivity index is 2.58. The molecule has 2 aromatic carbocycles. The van der Waals surface area contributed by atoms with Gasteiger partial charge in [-0.1, -0.05) is 132 Å². The number of aliphatic hydroxyl groups is 1. The first-order valence-corrected chi connectivity index (χ1v) is 23.3. The van der Waals surface area contributed by atoms with E-state index >= 15 is 0 Å². The number of carbonyl (C=O) groups excluding carboxylic acids is 2. The monoisotopic (exact) mass is 744 g/mol. The number of esters is 1. The number of ketones is 1. The molecule has 0 bridgehead atoms. The predicted molar refractivity (Wildman–Crippen MR) is 219 cm³/mol. The van der Waals surface area contributed by atoms with Gasteiger partial charge in [-0.15, -0.1) is 5.92 Å². The summed E-state index contributed by atoms with van der Waals surface area (Å²) in [5.41, 5.74) is 0.230. The lowest BCUT2D eigenvalue weighted by molar-refractivity contribution is -0.156. The molecule has 0 aliphatic carbocycles. The summed E-state index contributed by atoms with van der Waals surface area (Å²) in [6.07, 6.45) is 0.416. The minimum atomic E-state index is -3.01. The van der Waals surface area contributed by atoms with Gasteiger partial charge in [0.1, 0.15) is 36.6 Å². The van der Waals surface area contributed by atoms with Crippen molar-refractivity contribution >= 4 is 38.8 Å². The van der Waals surface area contributed by atoms with Crippen LogP contribution in [-0.2, 0) is 23.2 Å². The zero-order valence-electron chi connectivity index (χ0n) is 33.9. The van der Waals surface area contributed by atoms with E-state index in [9.17, 15) is 14.7 Å². The number of ether oxygens (including phenoxy) is 1. The molecule has 6 nitrogen and oxygen atoms in total. The van der Waals surface area contributed by atoms with Gasteiger partial charge in [0, 0.05) is 19.3 Å². The molecule has 52 heavy (non-hydrogen) atoms. The summed E-state index contributed by atoms with van der Waals surface area (Å²) in [5.74, 6) is 12.2. The lowest BCUT2D eigenvalue weighted by atomic mass is 9.90. The third kappa shape index (κ3) is 13.6. The van der Waals surface area contributed by atoms with Crippen LogP contribution in [0.3, 0.4) is 0 Å². The highest BCUT2D eigenvalue weighted by molar-refractivity contribution is 6.99. The van der Waals surface area contributed by atoms with Crippen LogP contribution in [0.5, 0.6) is 0 Å². The molecule has 0 radical (unpaired) electrons. The molecule has 2 rings (SSSR count). The Kier molecular flexibility index (Phi) is 16.6. The van der Waals surface area contributed by atoms with Crippen molar-refractivity contribution in [1.82, 2.24) is 0 Å². The van der Waals surface area contributed by atoms with E-state index in [0.717, 1.165) is 15.9 Å². The number of hydrogen-bond donors (Lipinski definition) is 1. The van der Waals surface area contributed by atoms with E-state index in [0.29, 0.717) is 19.3 Å². The zero-order valence-corrected chi connectivity index (χ0v) is 35.9. The summed E-state index contributed by atoms with van der Waals surface area (Å²) in [4.78, 5) is 25.2. The molecule has 0 aromatic heterocycles. The van der Waals surface area contributed by atoms with Crippen LogP contribution in [0.4, 0.5) is 0 Å². The molecule has 0 spiro atoms. The molecule has 284 valence electrons. The maximum atomic E-state index is 12.9. The standard InChI is InChI=1S/C44H64O6Si2/c1-34(2)35(31-36(46)32-41(47)48-42(3,4)5)23-20-21-24-38(33-37(25-22-30-45)49-51(12,13)43(6,7)8)50-52(44(9,10)11,39-26-16-14-17-27-39)40-28-18-15-19-29-40/h14-19,26-29,35,37-38,45H,1,20,23,30-33H2,2-13H3/t35-,37?,38?/m0/s1. The maximum Gasteiger partial charge on any atom is 0.313 e. The highest BCUT2D eigenvalue weighted by Crippen LogP contribution is 2.40. The van der Waals surface area contributed by atoms with Crippen molar-refractivity contribution in [1.29, 1.82) is 0 Å². The molecule has 0 saturated carbocycles. The van der Waals surface area contributed by atoms with E-state index in [1.54, 1.807) is 20.8 Å². The van der Waals surface area contributed by atoms with Crippen molar-refractivity contribution in [3.8, 4) is 23.7 Å². The molecular formula is C44H64O6Si2. The second kappa shape index (κ2) is 19.2. The first kappa shape index (κ1) is 44.9. The van der Waals surface area contributed by atoms with Gasteiger partial charge in [-0.05, 0) is 73.6 Å². The fourth-order valence-electron chi connectivity index (χ4n) is 5.90. The number of carbonyl (C=O) groups is 2. The number of Topliss-reactive ketones (excluding diaryl/α,β-unsaturated/α-hetero) is 1. The van der Waals surface area contributed by atoms with Gasteiger partial charge in [0.05, 0.1) is 0 Å². The van der Waals surface area contributed by atoms with E-state index in [1.165, 1.54) is 0 Å². The summed E-state index contributed by atoms with van der Waals surface area (Å²) in [6.45, 7) is 28.9. The average Bonchev–Trinajstić information content (AvgIpc) is 3.02. The molecule has 1 N–H and O–H groups in total. The summed E-state index contributed by atoms with van der Waals surface area (Å²) in [6, 6.07) is 21.0. The molecule has 2 aromatic rings. The Morgan fingerprint density at radius 2 is 1.29 bits per heavy atom. The first-order valence-electron chi connectivity index (χ1n) is 18.5. The van der Waals surface area contributed by atoms with Crippen molar-refractivity contribution < 1.29 is 28.3 Å². The highest BCUT2D eigenvalue weighted by Gasteiger charge is 2.51. The van der Waals surface area contributed by atoms with Crippen LogP contribution < -0.4 is 10.4 Å². The maximum absolute atomic E-state index is 12.9. The van der Waals surface area contributed by atoms with Crippen LogP contribution in [0, 0.1) is 29.6 Å². The van der Waals surface area contributed by atoms with Crippen LogP contribution in [0.15, 0.2) is 72.8 Å². The molecule has 0 fully saturated rings. The molecule has 0 heterocycles. The quantitative estimate of drug-likeness (QED) is 0.0649. The fourth-order valence-corrected chi connectivity index (χ4v) is 11.7. The molecule has 0 saturated heterocycles. The molecule has 0 aliphatic heterocycles. The number of allylic oxidation sites excluding steroid dienone is 1. The molecule has 0 aliphatic rings. The number of hydrogen-bond acceptors (Lipinski definition) is 6. The van der Waals surface area contributed by atoms with E-state index in [1.807, 2.05) is 19.1 Å². The number of benzene rings is 2. The van der Waals surface area contributed by atoms with Crippen LogP contribution >= 0.6 is 0 Å². The van der Waals surface area contributed by atoms with Crippen molar-refractivity contribution in [2.75, 3.05) is 6.61 Å². The summed E-state index contributed by atoms with van der Waals surface area (Å²) in [7, 11) is -5.27. The molecule has 2 unspecified atom stereocenters. The second-order valence-corrected chi connectivity index (χ2v) is 26.3. The van der Waals surface area contributed by atoms with E-state index in [4.69, 9.17) is 13.6 Å². The third-order valence-corrected chi connectivity index (χ3v) is 19.1. The average molecular weight is 745 g/mol. The van der Waals surface area contributed by atoms with Gasteiger partial charge in [0.15, 0.2) is 8.32 Å². The Morgan fingerprint density at radius 3 is 1.73 bits per heavy atom. The predicted octanol–water partition coefficient (Wildman–Crippen LogP) is 8.37. The Hall–Kier alpha value is -3.25. The lowest BCUT2D eigenvalue weighted by Crippen LogP contribution is -2.67. The van der Waals surface area contributed by atoms with Crippen LogP contribution in [0.1, 0.15) is 101 Å². The number of aliphatic hydroxyl groups excluding tert-OH is 1. The smallest absolute Gasteiger partial charge is 0.313 e. The minimum absolute atomic E-state index is 0.0509. The van der Waals surface area contributed by atoms with Crippen molar-refractivity contribution in [2.45, 2.75) is 142 Å². The normalized spacial score (nSPS) is 14.2. The van der Waals surface area contributed by atoms with Gasteiger partial charge >= 0.3 is 5.97 Å². The van der Waals surface area contributed by atoms with Crippen LogP contribution in [0.25, 0.3) is 0 Å². The van der Waals surface area contributed by atoms with Gasteiger partial charge < -0.3 is 18.7 Å². The Morgan fingerprint density at radius 1 is 0.788 bits per heavy atom. The van der Waals surface area contributed by atoms with Crippen molar-refractivity contribution in [2.24, 2.45) is 5.92 Å². The van der Waals surface area contributed by atoms with Gasteiger partial charge in [-0.25, -0.2) is 0 Å². The lowest BCUT2D eigenvalue weighted by Gasteiger charge is -2.45. The number of rotatable bonds is 15. The zero-order chi connectivity index (χ0) is 39.4. The first-order chi connectivity index (χ1) is 24.0. The summed E-state index contributed by atoms with van der Waals surface area (Å²) < 4.78 is 19.8. The van der Waals surface area contributed by atoms with Crippen molar-refractivity contribution in [3.05, 3.63) is 72.8 Å². The topological polar surface area (TPSA) is 82.1 Å². The van der Waals surface area contributed by atoms with Gasteiger partial charge in [-0.3, -0.25) is 9.59 Å². The molecule has 3 atom stereocenters.